The maximum atomic E-state index is 12.9. The largest absolute Gasteiger partial charge is 0.497 e. The molecule has 0 aliphatic carbocycles. The molecule has 1 unspecified atom stereocenters. The zero-order valence-electron chi connectivity index (χ0n) is 19.0. The maximum Gasteiger partial charge on any atom is 0.225 e. The summed E-state index contributed by atoms with van der Waals surface area (Å²) in [5.41, 5.74) is 4.38. The third kappa shape index (κ3) is 6.01. The molecule has 0 bridgehead atoms. The molecule has 1 aliphatic rings. The molecule has 170 valence electrons. The number of carbonyl (C=O) groups excluding carboxylic acids is 2. The highest BCUT2D eigenvalue weighted by Crippen LogP contribution is 2.25. The van der Waals surface area contributed by atoms with Gasteiger partial charge in [0.05, 0.1) is 13.0 Å². The lowest BCUT2D eigenvalue weighted by Crippen LogP contribution is -2.37. The zero-order chi connectivity index (χ0) is 23.0. The Morgan fingerprint density at radius 3 is 2.48 bits per heavy atom. The van der Waals surface area contributed by atoms with Crippen molar-refractivity contribution in [3.8, 4) is 16.9 Å². The topological polar surface area (TPSA) is 58.6 Å². The van der Waals surface area contributed by atoms with Crippen LogP contribution in [0.1, 0.15) is 17.5 Å². The van der Waals surface area contributed by atoms with E-state index in [1.807, 2.05) is 71.6 Å². The summed E-state index contributed by atoms with van der Waals surface area (Å²) in [4.78, 5) is 27.5. The molecule has 5 heteroatoms. The highest BCUT2D eigenvalue weighted by Gasteiger charge is 2.27. The summed E-state index contributed by atoms with van der Waals surface area (Å²) in [6.45, 7) is 1.50. The first-order chi connectivity index (χ1) is 16.1. The smallest absolute Gasteiger partial charge is 0.225 e. The number of nitrogens with one attached hydrogen (secondary N) is 1. The molecule has 1 atom stereocenters. The molecule has 0 saturated carbocycles. The Morgan fingerprint density at radius 2 is 1.70 bits per heavy atom. The third-order valence-electron chi connectivity index (χ3n) is 6.13. The quantitative estimate of drug-likeness (QED) is 0.599. The Bertz CT molecular complexity index is 1100. The normalized spacial score (nSPS) is 16.1. The molecule has 1 N–H and O–H groups in total. The van der Waals surface area contributed by atoms with E-state index >= 15 is 0 Å². The van der Waals surface area contributed by atoms with Gasteiger partial charge in [-0.3, -0.25) is 9.59 Å². The minimum Gasteiger partial charge on any atom is -0.497 e. The van der Waals surface area contributed by atoms with Crippen LogP contribution in [0.5, 0.6) is 5.75 Å². The van der Waals surface area contributed by atoms with Gasteiger partial charge in [0, 0.05) is 26.1 Å². The SMILES string of the molecule is COc1cccc(-c2cccc(CC3CN(C(=O)CCc4ccccc4)CCNC3=O)c2)c1. The second kappa shape index (κ2) is 10.8. The number of aryl methyl sites for hydroxylation is 1. The summed E-state index contributed by atoms with van der Waals surface area (Å²) in [7, 11) is 1.66. The highest BCUT2D eigenvalue weighted by molar-refractivity contribution is 5.82. The number of rotatable bonds is 7. The summed E-state index contributed by atoms with van der Waals surface area (Å²) < 4.78 is 5.35. The lowest BCUT2D eigenvalue weighted by Gasteiger charge is -2.23. The van der Waals surface area contributed by atoms with E-state index < -0.39 is 0 Å². The Balaban J connectivity index is 1.44. The van der Waals surface area contributed by atoms with Crippen molar-refractivity contribution < 1.29 is 14.3 Å². The average molecular weight is 443 g/mol. The van der Waals surface area contributed by atoms with Crippen molar-refractivity contribution in [3.05, 3.63) is 90.0 Å². The predicted molar refractivity (Wildman–Crippen MR) is 130 cm³/mol. The van der Waals surface area contributed by atoms with Gasteiger partial charge in [0.25, 0.3) is 0 Å². The molecule has 0 aromatic heterocycles. The molecule has 3 aromatic rings. The minimum absolute atomic E-state index is 0.0140. The summed E-state index contributed by atoms with van der Waals surface area (Å²) in [6, 6.07) is 26.2. The summed E-state index contributed by atoms with van der Waals surface area (Å²) >= 11 is 0. The summed E-state index contributed by atoms with van der Waals surface area (Å²) in [6.07, 6.45) is 1.76. The van der Waals surface area contributed by atoms with Crippen molar-refractivity contribution in [1.29, 1.82) is 0 Å². The van der Waals surface area contributed by atoms with Crippen LogP contribution in [0.15, 0.2) is 78.9 Å². The fourth-order valence-corrected chi connectivity index (χ4v) is 4.30. The van der Waals surface area contributed by atoms with Crippen LogP contribution in [-0.4, -0.2) is 43.5 Å². The van der Waals surface area contributed by atoms with E-state index in [-0.39, 0.29) is 17.7 Å². The number of hydrogen-bond acceptors (Lipinski definition) is 3. The molecule has 2 amide bonds. The highest BCUT2D eigenvalue weighted by atomic mass is 16.5. The molecular weight excluding hydrogens is 412 g/mol. The Hall–Kier alpha value is -3.60. The van der Waals surface area contributed by atoms with Crippen LogP contribution in [0.25, 0.3) is 11.1 Å². The van der Waals surface area contributed by atoms with Gasteiger partial charge in [-0.05, 0) is 47.2 Å². The van der Waals surface area contributed by atoms with E-state index in [1.165, 1.54) is 0 Å². The van der Waals surface area contributed by atoms with Crippen LogP contribution < -0.4 is 10.1 Å². The van der Waals surface area contributed by atoms with Crippen LogP contribution in [-0.2, 0) is 22.4 Å². The van der Waals surface area contributed by atoms with Gasteiger partial charge in [0.15, 0.2) is 0 Å². The molecule has 3 aromatic carbocycles. The summed E-state index contributed by atoms with van der Waals surface area (Å²) in [5.74, 6) is 0.657. The van der Waals surface area contributed by atoms with Crippen LogP contribution >= 0.6 is 0 Å². The van der Waals surface area contributed by atoms with Gasteiger partial charge in [-0.15, -0.1) is 0 Å². The molecule has 5 nitrogen and oxygen atoms in total. The molecule has 1 aliphatic heterocycles. The number of benzene rings is 3. The van der Waals surface area contributed by atoms with Gasteiger partial charge in [-0.2, -0.15) is 0 Å². The number of amides is 2. The Morgan fingerprint density at radius 1 is 0.970 bits per heavy atom. The van der Waals surface area contributed by atoms with Crippen molar-refractivity contribution >= 4 is 11.8 Å². The fraction of sp³-hybridized carbons (Fsp3) is 0.286. The van der Waals surface area contributed by atoms with Crippen LogP contribution in [0.2, 0.25) is 0 Å². The molecule has 33 heavy (non-hydrogen) atoms. The van der Waals surface area contributed by atoms with Crippen molar-refractivity contribution in [3.63, 3.8) is 0 Å². The second-order valence-electron chi connectivity index (χ2n) is 8.45. The molecule has 1 fully saturated rings. The van der Waals surface area contributed by atoms with Crippen molar-refractivity contribution in [1.82, 2.24) is 10.2 Å². The molecule has 4 rings (SSSR count). The van der Waals surface area contributed by atoms with Gasteiger partial charge in [0.2, 0.25) is 11.8 Å². The van der Waals surface area contributed by atoms with Gasteiger partial charge in [-0.1, -0.05) is 66.7 Å². The average Bonchev–Trinajstić information content (AvgIpc) is 3.04. The van der Waals surface area contributed by atoms with Gasteiger partial charge in [-0.25, -0.2) is 0 Å². The number of carbonyl (C=O) groups is 2. The van der Waals surface area contributed by atoms with Crippen LogP contribution in [0.4, 0.5) is 0 Å². The molecular formula is C28H30N2O3. The first kappa shape index (κ1) is 22.6. The van der Waals surface area contributed by atoms with Crippen LogP contribution in [0, 0.1) is 5.92 Å². The van der Waals surface area contributed by atoms with E-state index in [0.717, 1.165) is 28.0 Å². The van der Waals surface area contributed by atoms with E-state index in [4.69, 9.17) is 4.74 Å². The lowest BCUT2D eigenvalue weighted by atomic mass is 9.95. The van der Waals surface area contributed by atoms with E-state index in [9.17, 15) is 9.59 Å². The zero-order valence-corrected chi connectivity index (χ0v) is 19.0. The first-order valence-corrected chi connectivity index (χ1v) is 11.4. The summed E-state index contributed by atoms with van der Waals surface area (Å²) in [5, 5.41) is 2.99. The van der Waals surface area contributed by atoms with E-state index in [1.54, 1.807) is 7.11 Å². The second-order valence-corrected chi connectivity index (χ2v) is 8.45. The number of methoxy groups -OCH3 is 1. The number of ether oxygens (including phenoxy) is 1. The number of hydrogen-bond donors (Lipinski definition) is 1. The Kier molecular flexibility index (Phi) is 7.40. The number of nitrogens with zero attached hydrogens (tertiary/aromatic N) is 1. The molecule has 1 saturated heterocycles. The van der Waals surface area contributed by atoms with E-state index in [0.29, 0.717) is 38.9 Å². The molecule has 1 heterocycles. The van der Waals surface area contributed by atoms with Crippen molar-refractivity contribution in [2.24, 2.45) is 5.92 Å². The molecule has 0 radical (unpaired) electrons. The Labute approximate surface area is 195 Å². The fourth-order valence-electron chi connectivity index (χ4n) is 4.30. The van der Waals surface area contributed by atoms with Gasteiger partial charge < -0.3 is 15.0 Å². The first-order valence-electron chi connectivity index (χ1n) is 11.4. The van der Waals surface area contributed by atoms with E-state index in [2.05, 4.69) is 17.4 Å². The van der Waals surface area contributed by atoms with Gasteiger partial charge in [0.1, 0.15) is 5.75 Å². The molecule has 0 spiro atoms. The minimum atomic E-state index is -0.270. The standard InChI is InChI=1S/C28H30N2O3/c1-33-26-12-6-11-24(19-26)23-10-5-9-22(17-23)18-25-20-30(16-15-29-28(25)32)27(31)14-13-21-7-3-2-4-8-21/h2-12,17,19,25H,13-16,18,20H2,1H3,(H,29,32). The maximum absolute atomic E-state index is 12.9. The van der Waals surface area contributed by atoms with Gasteiger partial charge >= 0.3 is 0 Å². The predicted octanol–water partition coefficient (Wildman–Crippen LogP) is 4.11. The third-order valence-corrected chi connectivity index (χ3v) is 6.13. The van der Waals surface area contributed by atoms with Crippen molar-refractivity contribution in [2.75, 3.05) is 26.7 Å². The monoisotopic (exact) mass is 442 g/mol. The van der Waals surface area contributed by atoms with Crippen molar-refractivity contribution in [2.45, 2.75) is 19.3 Å². The lowest BCUT2D eigenvalue weighted by molar-refractivity contribution is -0.132. The van der Waals surface area contributed by atoms with Crippen LogP contribution in [0.3, 0.4) is 0 Å².